The summed E-state index contributed by atoms with van der Waals surface area (Å²) in [5, 5.41) is 8.17. The Labute approximate surface area is 178 Å². The third-order valence-electron chi connectivity index (χ3n) is 5.19. The van der Waals surface area contributed by atoms with E-state index in [9.17, 15) is 9.59 Å². The fourth-order valence-corrected chi connectivity index (χ4v) is 4.01. The molecule has 1 aliphatic rings. The monoisotopic (exact) mass is 424 g/mol. The molecule has 4 rings (SSSR count). The first kappa shape index (κ1) is 19.9. The fourth-order valence-electron chi connectivity index (χ4n) is 3.78. The Morgan fingerprint density at radius 2 is 2.07 bits per heavy atom. The van der Waals surface area contributed by atoms with E-state index in [1.165, 1.54) is 12.3 Å². The maximum Gasteiger partial charge on any atom is 0.276 e. The first-order chi connectivity index (χ1) is 14.5. The number of piperidine rings is 1. The number of likely N-dealkylation sites (tertiary alicyclic amines) is 1. The minimum Gasteiger partial charge on any atom is -0.383 e. The van der Waals surface area contributed by atoms with E-state index < -0.39 is 5.91 Å². The number of pyridine rings is 1. The van der Waals surface area contributed by atoms with Crippen molar-refractivity contribution in [3.63, 3.8) is 0 Å². The van der Waals surface area contributed by atoms with Crippen molar-refractivity contribution in [1.29, 1.82) is 0 Å². The van der Waals surface area contributed by atoms with Crippen molar-refractivity contribution in [1.82, 2.24) is 19.7 Å². The van der Waals surface area contributed by atoms with Gasteiger partial charge in [-0.2, -0.15) is 5.10 Å². The average molecular weight is 425 g/mol. The van der Waals surface area contributed by atoms with Gasteiger partial charge in [-0.25, -0.2) is 4.98 Å². The van der Waals surface area contributed by atoms with Crippen LogP contribution in [0.2, 0.25) is 5.02 Å². The molecule has 1 saturated heterocycles. The van der Waals surface area contributed by atoms with Gasteiger partial charge in [0.05, 0.1) is 28.2 Å². The lowest BCUT2D eigenvalue weighted by molar-refractivity contribution is -0.127. The molecular weight excluding hydrogens is 404 g/mol. The van der Waals surface area contributed by atoms with E-state index in [-0.39, 0.29) is 23.5 Å². The molecule has 154 valence electrons. The summed E-state index contributed by atoms with van der Waals surface area (Å²) in [4.78, 5) is 30.9. The summed E-state index contributed by atoms with van der Waals surface area (Å²) >= 11 is 6.45. The summed E-state index contributed by atoms with van der Waals surface area (Å²) in [5.74, 6) is -0.366. The number of anilines is 2. The van der Waals surface area contributed by atoms with Crippen LogP contribution >= 0.6 is 11.6 Å². The molecule has 1 aliphatic heterocycles. The third kappa shape index (κ3) is 3.61. The van der Waals surface area contributed by atoms with E-state index in [4.69, 9.17) is 17.3 Å². The highest BCUT2D eigenvalue weighted by molar-refractivity contribution is 6.36. The Hall–Kier alpha value is -3.39. The Morgan fingerprint density at radius 1 is 1.30 bits per heavy atom. The van der Waals surface area contributed by atoms with Gasteiger partial charge < -0.3 is 16.0 Å². The number of nitrogens with zero attached hydrogens (tertiary/aromatic N) is 4. The number of carbonyl (C=O) groups is 2. The normalized spacial score (nSPS) is 16.4. The fraction of sp³-hybridized carbons (Fsp3) is 0.238. The summed E-state index contributed by atoms with van der Waals surface area (Å²) in [6.07, 6.45) is 4.34. The highest BCUT2D eigenvalue weighted by Crippen LogP contribution is 2.34. The van der Waals surface area contributed by atoms with Crippen LogP contribution in [0.5, 0.6) is 0 Å². The number of benzene rings is 1. The summed E-state index contributed by atoms with van der Waals surface area (Å²) in [6.45, 7) is 4.66. The molecule has 3 heterocycles. The quantitative estimate of drug-likeness (QED) is 0.625. The zero-order valence-corrected chi connectivity index (χ0v) is 17.0. The molecule has 3 N–H and O–H groups in total. The SMILES string of the molecule is C=CC(=O)N1CCC[C@@H](n2nc(C(=O)Nc3ccccc3)c3c(N)ncc(Cl)c32)C1. The molecule has 8 nitrogen and oxygen atoms in total. The Balaban J connectivity index is 1.77. The van der Waals surface area contributed by atoms with Gasteiger partial charge in [-0.05, 0) is 31.1 Å². The van der Waals surface area contributed by atoms with Gasteiger partial charge in [0.1, 0.15) is 5.82 Å². The van der Waals surface area contributed by atoms with Crippen LogP contribution in [0.25, 0.3) is 10.9 Å². The topological polar surface area (TPSA) is 106 Å². The molecule has 9 heteroatoms. The number of nitrogen functional groups attached to an aromatic ring is 1. The van der Waals surface area contributed by atoms with Crippen molar-refractivity contribution in [2.45, 2.75) is 18.9 Å². The number of hydrogen-bond donors (Lipinski definition) is 2. The van der Waals surface area contributed by atoms with Crippen LogP contribution in [0.1, 0.15) is 29.4 Å². The zero-order valence-electron chi connectivity index (χ0n) is 16.2. The number of nitrogens with two attached hydrogens (primary N) is 1. The summed E-state index contributed by atoms with van der Waals surface area (Å²) in [5.41, 5.74) is 7.44. The molecule has 0 aliphatic carbocycles. The Bertz CT molecular complexity index is 1130. The van der Waals surface area contributed by atoms with Gasteiger partial charge >= 0.3 is 0 Å². The van der Waals surface area contributed by atoms with E-state index in [0.717, 1.165) is 12.8 Å². The number of hydrogen-bond acceptors (Lipinski definition) is 5. The second-order valence-corrected chi connectivity index (χ2v) is 7.52. The molecule has 30 heavy (non-hydrogen) atoms. The first-order valence-electron chi connectivity index (χ1n) is 9.59. The van der Waals surface area contributed by atoms with E-state index in [2.05, 4.69) is 22.0 Å². The highest BCUT2D eigenvalue weighted by atomic mass is 35.5. The largest absolute Gasteiger partial charge is 0.383 e. The lowest BCUT2D eigenvalue weighted by Gasteiger charge is -2.32. The smallest absolute Gasteiger partial charge is 0.276 e. The molecule has 0 spiro atoms. The number of rotatable bonds is 4. The molecule has 1 atom stereocenters. The molecule has 0 bridgehead atoms. The van der Waals surface area contributed by atoms with Crippen LogP contribution in [0, 0.1) is 0 Å². The molecular formula is C21H21ClN6O2. The average Bonchev–Trinajstić information content (AvgIpc) is 3.19. The number of carbonyl (C=O) groups excluding carboxylic acids is 2. The number of nitrogens with one attached hydrogen (secondary N) is 1. The van der Waals surface area contributed by atoms with Crippen LogP contribution in [-0.4, -0.2) is 44.6 Å². The van der Waals surface area contributed by atoms with Crippen molar-refractivity contribution < 1.29 is 9.59 Å². The summed E-state index contributed by atoms with van der Waals surface area (Å²) in [7, 11) is 0. The number of halogens is 1. The van der Waals surface area contributed by atoms with E-state index >= 15 is 0 Å². The van der Waals surface area contributed by atoms with Gasteiger partial charge in [-0.1, -0.05) is 36.4 Å². The second-order valence-electron chi connectivity index (χ2n) is 7.11. The lowest BCUT2D eigenvalue weighted by Crippen LogP contribution is -2.40. The number of fused-ring (bicyclic) bond motifs is 1. The van der Waals surface area contributed by atoms with Crippen molar-refractivity contribution in [2.24, 2.45) is 0 Å². The van der Waals surface area contributed by atoms with Crippen molar-refractivity contribution in [3.05, 3.63) is 59.9 Å². The molecule has 1 fully saturated rings. The lowest BCUT2D eigenvalue weighted by atomic mass is 10.1. The van der Waals surface area contributed by atoms with Crippen molar-refractivity contribution in [3.8, 4) is 0 Å². The van der Waals surface area contributed by atoms with Crippen molar-refractivity contribution >= 4 is 45.8 Å². The van der Waals surface area contributed by atoms with E-state index in [1.54, 1.807) is 21.7 Å². The molecule has 0 unspecified atom stereocenters. The molecule has 2 aromatic heterocycles. The highest BCUT2D eigenvalue weighted by Gasteiger charge is 2.29. The van der Waals surface area contributed by atoms with Crippen LogP contribution in [0.3, 0.4) is 0 Å². The summed E-state index contributed by atoms with van der Waals surface area (Å²) < 4.78 is 1.71. The molecule has 2 amide bonds. The minimum atomic E-state index is -0.407. The van der Waals surface area contributed by atoms with Crippen molar-refractivity contribution in [2.75, 3.05) is 24.1 Å². The van der Waals surface area contributed by atoms with Crippen LogP contribution < -0.4 is 11.1 Å². The van der Waals surface area contributed by atoms with Crippen LogP contribution in [0.15, 0.2) is 49.2 Å². The first-order valence-corrected chi connectivity index (χ1v) is 9.97. The Kier molecular flexibility index (Phi) is 5.41. The second kappa shape index (κ2) is 8.16. The van der Waals surface area contributed by atoms with Gasteiger partial charge in [0.15, 0.2) is 5.69 Å². The standard InChI is InChI=1S/C21H21ClN6O2/c1-2-16(29)27-10-6-9-14(12-27)28-19-15(22)11-24-20(23)17(19)18(26-28)21(30)25-13-7-4-3-5-8-13/h2-5,7-8,11,14H,1,6,9-10,12H2,(H2,23,24)(H,25,30)/t14-/m1/s1. The third-order valence-corrected chi connectivity index (χ3v) is 5.46. The molecule has 0 saturated carbocycles. The molecule has 3 aromatic rings. The molecule has 1 aromatic carbocycles. The maximum absolute atomic E-state index is 13.0. The minimum absolute atomic E-state index is 0.134. The summed E-state index contributed by atoms with van der Waals surface area (Å²) in [6, 6.07) is 8.93. The van der Waals surface area contributed by atoms with Crippen LogP contribution in [0.4, 0.5) is 11.5 Å². The van der Waals surface area contributed by atoms with Gasteiger partial charge in [0.2, 0.25) is 5.91 Å². The van der Waals surface area contributed by atoms with Gasteiger partial charge in [0, 0.05) is 18.8 Å². The number of para-hydroxylation sites is 1. The number of aromatic nitrogens is 3. The van der Waals surface area contributed by atoms with E-state index in [1.807, 2.05) is 18.2 Å². The Morgan fingerprint density at radius 3 is 2.80 bits per heavy atom. The maximum atomic E-state index is 13.0. The van der Waals surface area contributed by atoms with Gasteiger partial charge in [0.25, 0.3) is 5.91 Å². The van der Waals surface area contributed by atoms with Crippen LogP contribution in [-0.2, 0) is 4.79 Å². The van der Waals surface area contributed by atoms with Gasteiger partial charge in [-0.15, -0.1) is 0 Å². The predicted octanol–water partition coefficient (Wildman–Crippen LogP) is 3.27. The van der Waals surface area contributed by atoms with Gasteiger partial charge in [-0.3, -0.25) is 14.3 Å². The van der Waals surface area contributed by atoms with E-state index in [0.29, 0.717) is 34.7 Å². The zero-order chi connectivity index (χ0) is 21.3. The number of amides is 2. The molecule has 0 radical (unpaired) electrons. The predicted molar refractivity (Wildman–Crippen MR) is 116 cm³/mol.